The van der Waals surface area contributed by atoms with Crippen LogP contribution < -0.4 is 4.90 Å². The number of benzene rings is 1. The lowest BCUT2D eigenvalue weighted by atomic mass is 10.1. The Hall–Kier alpha value is -2.18. The molecule has 140 valence electrons. The minimum atomic E-state index is 0.0592. The third-order valence-corrected chi connectivity index (χ3v) is 5.84. The van der Waals surface area contributed by atoms with Crippen molar-refractivity contribution in [3.63, 3.8) is 0 Å². The predicted molar refractivity (Wildman–Crippen MR) is 110 cm³/mol. The molecule has 1 aliphatic heterocycles. The van der Waals surface area contributed by atoms with Crippen molar-refractivity contribution < 1.29 is 4.79 Å². The van der Waals surface area contributed by atoms with Crippen LogP contribution in [-0.2, 0) is 0 Å². The van der Waals surface area contributed by atoms with E-state index in [0.717, 1.165) is 55.4 Å². The number of aromatic nitrogens is 2. The molecule has 0 atom stereocenters. The molecule has 2 aliphatic rings. The first-order chi connectivity index (χ1) is 13.2. The van der Waals surface area contributed by atoms with Crippen molar-refractivity contribution in [2.24, 2.45) is 0 Å². The second-order valence-electron chi connectivity index (χ2n) is 6.68. The molecule has 4 rings (SSSR count). The van der Waals surface area contributed by atoms with Gasteiger partial charge in [-0.05, 0) is 43.5 Å². The van der Waals surface area contributed by atoms with Gasteiger partial charge in [0.25, 0.3) is 5.91 Å². The first-order valence-corrected chi connectivity index (χ1v) is 10.4. The summed E-state index contributed by atoms with van der Waals surface area (Å²) < 4.78 is 4.53. The van der Waals surface area contributed by atoms with E-state index in [4.69, 9.17) is 16.6 Å². The molecule has 27 heavy (non-hydrogen) atoms. The molecule has 5 nitrogen and oxygen atoms in total. The summed E-state index contributed by atoms with van der Waals surface area (Å²) in [5.41, 5.74) is 1.79. The number of carbonyl (C=O) groups is 1. The molecule has 7 heteroatoms. The van der Waals surface area contributed by atoms with E-state index in [-0.39, 0.29) is 5.91 Å². The van der Waals surface area contributed by atoms with Gasteiger partial charge in [-0.15, -0.1) is 0 Å². The van der Waals surface area contributed by atoms with Crippen molar-refractivity contribution in [3.8, 4) is 0 Å². The quantitative estimate of drug-likeness (QED) is 0.771. The van der Waals surface area contributed by atoms with Gasteiger partial charge in [-0.3, -0.25) is 4.79 Å². The second-order valence-corrected chi connectivity index (χ2v) is 7.85. The summed E-state index contributed by atoms with van der Waals surface area (Å²) in [6, 6.07) is 7.09. The Labute approximate surface area is 168 Å². The van der Waals surface area contributed by atoms with Gasteiger partial charge < -0.3 is 9.80 Å². The van der Waals surface area contributed by atoms with Crippen LogP contribution in [0, 0.1) is 0 Å². The molecule has 0 unspecified atom stereocenters. The molecular formula is C20H21ClN4OS. The molecule has 1 aromatic heterocycles. The Bertz CT molecular complexity index is 874. The van der Waals surface area contributed by atoms with Crippen LogP contribution in [0.3, 0.4) is 0 Å². The van der Waals surface area contributed by atoms with E-state index in [0.29, 0.717) is 17.1 Å². The van der Waals surface area contributed by atoms with E-state index in [2.05, 4.69) is 27.5 Å². The lowest BCUT2D eigenvalue weighted by molar-refractivity contribution is 0.0767. The van der Waals surface area contributed by atoms with E-state index >= 15 is 0 Å². The average molecular weight is 401 g/mol. The topological polar surface area (TPSA) is 49.3 Å². The van der Waals surface area contributed by atoms with E-state index in [1.165, 1.54) is 11.5 Å². The van der Waals surface area contributed by atoms with Gasteiger partial charge in [0.05, 0.1) is 0 Å². The highest BCUT2D eigenvalue weighted by molar-refractivity contribution is 7.09. The van der Waals surface area contributed by atoms with Gasteiger partial charge in [0.2, 0.25) is 5.13 Å². The molecule has 2 aromatic rings. The number of halogens is 1. The summed E-state index contributed by atoms with van der Waals surface area (Å²) in [4.78, 5) is 21.6. The average Bonchev–Trinajstić information content (AvgIpc) is 3.07. The van der Waals surface area contributed by atoms with Crippen molar-refractivity contribution >= 4 is 39.7 Å². The SMILES string of the molecule is O=C(c1ccc(Cl)cc1)N1CCCN(c2nc(C3=CCCC=C3)ns2)CC1. The van der Waals surface area contributed by atoms with Crippen LogP contribution >= 0.6 is 23.1 Å². The van der Waals surface area contributed by atoms with Gasteiger partial charge in [-0.2, -0.15) is 9.36 Å². The van der Waals surface area contributed by atoms with Crippen molar-refractivity contribution in [3.05, 3.63) is 58.9 Å². The van der Waals surface area contributed by atoms with Gasteiger partial charge in [-0.25, -0.2) is 0 Å². The van der Waals surface area contributed by atoms with E-state index in [9.17, 15) is 4.79 Å². The van der Waals surface area contributed by atoms with Crippen molar-refractivity contribution in [1.29, 1.82) is 0 Å². The minimum Gasteiger partial charge on any atom is -0.345 e. The molecule has 0 bridgehead atoms. The zero-order chi connectivity index (χ0) is 18.6. The number of rotatable bonds is 3. The summed E-state index contributed by atoms with van der Waals surface area (Å²) in [5.74, 6) is 0.869. The largest absolute Gasteiger partial charge is 0.345 e. The summed E-state index contributed by atoms with van der Waals surface area (Å²) >= 11 is 7.36. The van der Waals surface area contributed by atoms with Crippen LogP contribution in [0.15, 0.2) is 42.5 Å². The molecule has 0 saturated carbocycles. The number of carbonyl (C=O) groups excluding carboxylic acids is 1. The maximum Gasteiger partial charge on any atom is 0.253 e. The van der Waals surface area contributed by atoms with Crippen LogP contribution in [0.1, 0.15) is 35.4 Å². The number of amides is 1. The molecule has 0 radical (unpaired) electrons. The van der Waals surface area contributed by atoms with Gasteiger partial charge in [0.1, 0.15) is 0 Å². The molecule has 1 aromatic carbocycles. The van der Waals surface area contributed by atoms with Crippen LogP contribution in [0.5, 0.6) is 0 Å². The van der Waals surface area contributed by atoms with Gasteiger partial charge in [-0.1, -0.05) is 29.8 Å². The lowest BCUT2D eigenvalue weighted by Gasteiger charge is -2.21. The van der Waals surface area contributed by atoms with Crippen LogP contribution in [0.25, 0.3) is 5.57 Å². The summed E-state index contributed by atoms with van der Waals surface area (Å²) in [5, 5.41) is 1.58. The van der Waals surface area contributed by atoms with E-state index < -0.39 is 0 Å². The molecule has 1 fully saturated rings. The molecule has 1 aliphatic carbocycles. The third-order valence-electron chi connectivity index (χ3n) is 4.81. The zero-order valence-corrected chi connectivity index (χ0v) is 16.5. The Morgan fingerprint density at radius 2 is 1.93 bits per heavy atom. The Morgan fingerprint density at radius 3 is 2.70 bits per heavy atom. The molecule has 1 saturated heterocycles. The molecule has 1 amide bonds. The number of hydrogen-bond acceptors (Lipinski definition) is 5. The first-order valence-electron chi connectivity index (χ1n) is 9.21. The fourth-order valence-electron chi connectivity index (χ4n) is 3.33. The van der Waals surface area contributed by atoms with Crippen molar-refractivity contribution in [2.45, 2.75) is 19.3 Å². The number of hydrogen-bond donors (Lipinski definition) is 0. The van der Waals surface area contributed by atoms with Gasteiger partial charge >= 0.3 is 0 Å². The molecule has 0 spiro atoms. The summed E-state index contributed by atoms with van der Waals surface area (Å²) in [6.45, 7) is 3.08. The van der Waals surface area contributed by atoms with E-state index in [1.807, 2.05) is 4.90 Å². The normalized spacial score (nSPS) is 17.6. The smallest absolute Gasteiger partial charge is 0.253 e. The number of allylic oxidation sites excluding steroid dienone is 4. The summed E-state index contributed by atoms with van der Waals surface area (Å²) in [7, 11) is 0. The Morgan fingerprint density at radius 1 is 1.07 bits per heavy atom. The van der Waals surface area contributed by atoms with Gasteiger partial charge in [0, 0.05) is 53.9 Å². The highest BCUT2D eigenvalue weighted by Crippen LogP contribution is 2.25. The highest BCUT2D eigenvalue weighted by Gasteiger charge is 2.22. The third kappa shape index (κ3) is 4.22. The molecular weight excluding hydrogens is 380 g/mol. The fourth-order valence-corrected chi connectivity index (χ4v) is 4.19. The first kappa shape index (κ1) is 18.2. The van der Waals surface area contributed by atoms with Crippen LogP contribution in [0.2, 0.25) is 5.02 Å². The lowest BCUT2D eigenvalue weighted by Crippen LogP contribution is -2.35. The standard InChI is InChI=1S/C20H21ClN4OS/c21-17-9-7-16(8-10-17)19(26)24-11-4-12-25(14-13-24)20-22-18(23-27-20)15-5-2-1-3-6-15/h2,5-10H,1,3-4,11-14H2. The molecule has 2 heterocycles. The summed E-state index contributed by atoms with van der Waals surface area (Å²) in [6.07, 6.45) is 9.51. The molecule has 0 N–H and O–H groups in total. The highest BCUT2D eigenvalue weighted by atomic mass is 35.5. The maximum absolute atomic E-state index is 12.7. The fraction of sp³-hybridized carbons (Fsp3) is 0.350. The number of anilines is 1. The van der Waals surface area contributed by atoms with Crippen LogP contribution in [-0.4, -0.2) is 46.3 Å². The maximum atomic E-state index is 12.7. The Balaban J connectivity index is 1.42. The number of nitrogens with zero attached hydrogens (tertiary/aromatic N) is 4. The zero-order valence-electron chi connectivity index (χ0n) is 15.0. The van der Waals surface area contributed by atoms with Gasteiger partial charge in [0.15, 0.2) is 5.82 Å². The minimum absolute atomic E-state index is 0.0592. The predicted octanol–water partition coefficient (Wildman–Crippen LogP) is 4.28. The Kier molecular flexibility index (Phi) is 5.55. The van der Waals surface area contributed by atoms with Crippen molar-refractivity contribution in [2.75, 3.05) is 31.1 Å². The second kappa shape index (κ2) is 8.23. The van der Waals surface area contributed by atoms with Crippen molar-refractivity contribution in [1.82, 2.24) is 14.3 Å². The monoisotopic (exact) mass is 400 g/mol. The van der Waals surface area contributed by atoms with Crippen LogP contribution in [0.4, 0.5) is 5.13 Å². The van der Waals surface area contributed by atoms with E-state index in [1.54, 1.807) is 24.3 Å².